The van der Waals surface area contributed by atoms with Gasteiger partial charge in [0.25, 0.3) is 0 Å². The minimum atomic E-state index is 0.299. The summed E-state index contributed by atoms with van der Waals surface area (Å²) in [6.07, 6.45) is 8.50. The molecule has 15 heavy (non-hydrogen) atoms. The van der Waals surface area contributed by atoms with E-state index in [2.05, 4.69) is 26.0 Å². The normalized spacial score (nSPS) is 44.9. The number of carbonyl (C=O) groups excluding carboxylic acids is 1. The summed E-state index contributed by atoms with van der Waals surface area (Å²) >= 11 is 0. The Morgan fingerprint density at radius 1 is 1.20 bits per heavy atom. The summed E-state index contributed by atoms with van der Waals surface area (Å²) in [5.41, 5.74) is 0. The lowest BCUT2D eigenvalue weighted by atomic mass is 9.62. The summed E-state index contributed by atoms with van der Waals surface area (Å²) < 4.78 is 0. The molecule has 0 spiro atoms. The maximum absolute atomic E-state index is 11.7. The topological polar surface area (TPSA) is 17.1 Å². The van der Waals surface area contributed by atoms with Gasteiger partial charge < -0.3 is 0 Å². The van der Waals surface area contributed by atoms with Crippen LogP contribution in [0.15, 0.2) is 12.2 Å². The molecule has 0 amide bonds. The van der Waals surface area contributed by atoms with Crippen molar-refractivity contribution in [1.29, 1.82) is 0 Å². The average molecular weight is 206 g/mol. The molecule has 0 bridgehead atoms. The molecule has 0 aromatic heterocycles. The number of Topliss-reactive ketones (excluding diaryl/α,β-unsaturated/α-hetero) is 1. The van der Waals surface area contributed by atoms with Crippen molar-refractivity contribution >= 4 is 5.78 Å². The van der Waals surface area contributed by atoms with E-state index in [4.69, 9.17) is 0 Å². The Labute approximate surface area is 92.9 Å². The third kappa shape index (κ3) is 2.02. The highest BCUT2D eigenvalue weighted by atomic mass is 16.1. The Bertz CT molecular complexity index is 279. The second-order valence-corrected chi connectivity index (χ2v) is 5.63. The third-order valence-corrected chi connectivity index (χ3v) is 4.38. The molecule has 2 aliphatic rings. The largest absolute Gasteiger partial charge is 0.300 e. The number of hydrogen-bond donors (Lipinski definition) is 0. The van der Waals surface area contributed by atoms with Gasteiger partial charge in [0.1, 0.15) is 5.78 Å². The van der Waals surface area contributed by atoms with Crippen molar-refractivity contribution in [2.24, 2.45) is 29.6 Å². The molecule has 0 heterocycles. The smallest absolute Gasteiger partial charge is 0.133 e. The second kappa shape index (κ2) is 4.11. The van der Waals surface area contributed by atoms with Gasteiger partial charge in [0.2, 0.25) is 0 Å². The van der Waals surface area contributed by atoms with Crippen LogP contribution < -0.4 is 0 Å². The highest BCUT2D eigenvalue weighted by Gasteiger charge is 2.39. The first-order valence-electron chi connectivity index (χ1n) is 6.28. The molecule has 0 aliphatic heterocycles. The van der Waals surface area contributed by atoms with E-state index < -0.39 is 0 Å². The number of ketones is 1. The maximum Gasteiger partial charge on any atom is 0.133 e. The molecule has 0 radical (unpaired) electrons. The lowest BCUT2D eigenvalue weighted by molar-refractivity contribution is -0.125. The summed E-state index contributed by atoms with van der Waals surface area (Å²) in [6.45, 7) is 6.30. The van der Waals surface area contributed by atoms with E-state index in [1.165, 1.54) is 19.3 Å². The Hall–Kier alpha value is -0.590. The minimum Gasteiger partial charge on any atom is -0.300 e. The summed E-state index contributed by atoms with van der Waals surface area (Å²) in [5.74, 6) is 3.32. The zero-order chi connectivity index (χ0) is 11.0. The molecule has 0 aromatic rings. The van der Waals surface area contributed by atoms with Gasteiger partial charge in [-0.1, -0.05) is 32.4 Å². The van der Waals surface area contributed by atoms with E-state index in [1.54, 1.807) is 6.92 Å². The van der Waals surface area contributed by atoms with Gasteiger partial charge in [0, 0.05) is 5.92 Å². The van der Waals surface area contributed by atoms with E-state index in [-0.39, 0.29) is 0 Å². The molecule has 84 valence electrons. The average Bonchev–Trinajstić information content (AvgIpc) is 2.17. The molecule has 2 aliphatic carbocycles. The lowest BCUT2D eigenvalue weighted by Gasteiger charge is -2.42. The molecule has 2 rings (SSSR count). The van der Waals surface area contributed by atoms with Gasteiger partial charge in [-0.25, -0.2) is 0 Å². The van der Waals surface area contributed by atoms with Crippen molar-refractivity contribution in [2.45, 2.75) is 40.0 Å². The fourth-order valence-corrected chi connectivity index (χ4v) is 3.61. The van der Waals surface area contributed by atoms with Gasteiger partial charge >= 0.3 is 0 Å². The van der Waals surface area contributed by atoms with Gasteiger partial charge in [-0.05, 0) is 43.4 Å². The summed E-state index contributed by atoms with van der Waals surface area (Å²) in [5, 5.41) is 0. The summed E-state index contributed by atoms with van der Waals surface area (Å²) in [6, 6.07) is 0. The molecule has 0 aromatic carbocycles. The number of hydrogen-bond acceptors (Lipinski definition) is 1. The maximum atomic E-state index is 11.7. The Balaban J connectivity index is 2.20. The SMILES string of the molecule is CC(=O)C1C(C)C=CC2CC(C)CCC21. The fourth-order valence-electron chi connectivity index (χ4n) is 3.61. The predicted molar refractivity (Wildman–Crippen MR) is 62.5 cm³/mol. The van der Waals surface area contributed by atoms with Crippen molar-refractivity contribution in [1.82, 2.24) is 0 Å². The van der Waals surface area contributed by atoms with Crippen molar-refractivity contribution < 1.29 is 4.79 Å². The molecular weight excluding hydrogens is 184 g/mol. The quantitative estimate of drug-likeness (QED) is 0.601. The lowest BCUT2D eigenvalue weighted by Crippen LogP contribution is -2.38. The number of fused-ring (bicyclic) bond motifs is 1. The molecule has 0 saturated heterocycles. The first-order chi connectivity index (χ1) is 7.09. The Morgan fingerprint density at radius 2 is 1.93 bits per heavy atom. The number of carbonyl (C=O) groups is 1. The second-order valence-electron chi connectivity index (χ2n) is 5.63. The van der Waals surface area contributed by atoms with Gasteiger partial charge in [0.15, 0.2) is 0 Å². The zero-order valence-corrected chi connectivity index (χ0v) is 10.1. The molecule has 1 heteroatoms. The monoisotopic (exact) mass is 206 g/mol. The van der Waals surface area contributed by atoms with Crippen LogP contribution in [0.2, 0.25) is 0 Å². The van der Waals surface area contributed by atoms with Crippen molar-refractivity contribution in [3.8, 4) is 0 Å². The summed E-state index contributed by atoms with van der Waals surface area (Å²) in [4.78, 5) is 11.7. The fraction of sp³-hybridized carbons (Fsp3) is 0.786. The molecule has 5 unspecified atom stereocenters. The van der Waals surface area contributed by atoms with Crippen LogP contribution in [-0.2, 0) is 4.79 Å². The first kappa shape index (κ1) is 10.9. The highest BCUT2D eigenvalue weighted by molar-refractivity contribution is 5.79. The highest BCUT2D eigenvalue weighted by Crippen LogP contribution is 2.44. The number of rotatable bonds is 1. The van der Waals surface area contributed by atoms with E-state index in [0.717, 1.165) is 5.92 Å². The molecule has 0 N–H and O–H groups in total. The van der Waals surface area contributed by atoms with Gasteiger partial charge in [-0.2, -0.15) is 0 Å². The summed E-state index contributed by atoms with van der Waals surface area (Å²) in [7, 11) is 0. The minimum absolute atomic E-state index is 0.299. The van der Waals surface area contributed by atoms with Crippen molar-refractivity contribution in [2.75, 3.05) is 0 Å². The van der Waals surface area contributed by atoms with Crippen LogP contribution in [0.3, 0.4) is 0 Å². The van der Waals surface area contributed by atoms with Crippen LogP contribution in [-0.4, -0.2) is 5.78 Å². The van der Waals surface area contributed by atoms with Crippen LogP contribution in [0, 0.1) is 29.6 Å². The predicted octanol–water partition coefficient (Wildman–Crippen LogP) is 3.45. The molecule has 1 nitrogen and oxygen atoms in total. The molecular formula is C14H22O. The third-order valence-electron chi connectivity index (χ3n) is 4.38. The van der Waals surface area contributed by atoms with E-state index in [1.807, 2.05) is 0 Å². The zero-order valence-electron chi connectivity index (χ0n) is 10.1. The molecule has 1 fully saturated rings. The Kier molecular flexibility index (Phi) is 2.99. The number of allylic oxidation sites excluding steroid dienone is 2. The molecule has 5 atom stereocenters. The van der Waals surface area contributed by atoms with Crippen molar-refractivity contribution in [3.05, 3.63) is 12.2 Å². The van der Waals surface area contributed by atoms with E-state index in [9.17, 15) is 4.79 Å². The van der Waals surface area contributed by atoms with Crippen LogP contribution in [0.25, 0.3) is 0 Å². The van der Waals surface area contributed by atoms with Crippen LogP contribution in [0.4, 0.5) is 0 Å². The van der Waals surface area contributed by atoms with E-state index >= 15 is 0 Å². The van der Waals surface area contributed by atoms with Crippen LogP contribution >= 0.6 is 0 Å². The van der Waals surface area contributed by atoms with Crippen molar-refractivity contribution in [3.63, 3.8) is 0 Å². The Morgan fingerprint density at radius 3 is 2.60 bits per heavy atom. The standard InChI is InChI=1S/C14H22O/c1-9-4-7-13-12(8-9)6-5-10(2)14(13)11(3)15/h5-6,9-10,12-14H,4,7-8H2,1-3H3. The van der Waals surface area contributed by atoms with Gasteiger partial charge in [-0.15, -0.1) is 0 Å². The first-order valence-corrected chi connectivity index (χ1v) is 6.28. The van der Waals surface area contributed by atoms with Gasteiger partial charge in [0.05, 0.1) is 0 Å². The van der Waals surface area contributed by atoms with Crippen LogP contribution in [0.1, 0.15) is 40.0 Å². The van der Waals surface area contributed by atoms with E-state index in [0.29, 0.717) is 29.5 Å². The van der Waals surface area contributed by atoms with Gasteiger partial charge in [-0.3, -0.25) is 4.79 Å². The van der Waals surface area contributed by atoms with Crippen LogP contribution in [0.5, 0.6) is 0 Å². The molecule has 1 saturated carbocycles.